The molecule has 98 valence electrons. The van der Waals surface area contributed by atoms with Gasteiger partial charge in [-0.3, -0.25) is 4.79 Å². The summed E-state index contributed by atoms with van der Waals surface area (Å²) in [6.07, 6.45) is 2.55. The molecule has 17 heavy (non-hydrogen) atoms. The van der Waals surface area contributed by atoms with Crippen LogP contribution in [0, 0.1) is 5.92 Å². The molecule has 0 radical (unpaired) electrons. The molecular weight excluding hydrogens is 224 g/mol. The van der Waals surface area contributed by atoms with Crippen LogP contribution in [0.2, 0.25) is 0 Å². The van der Waals surface area contributed by atoms with Gasteiger partial charge in [0.25, 0.3) is 0 Å². The van der Waals surface area contributed by atoms with Gasteiger partial charge in [-0.25, -0.2) is 4.79 Å². The Morgan fingerprint density at radius 1 is 1.29 bits per heavy atom. The van der Waals surface area contributed by atoms with E-state index in [1.807, 2.05) is 0 Å². The Bertz CT molecular complexity index is 252. The first-order valence-corrected chi connectivity index (χ1v) is 5.99. The number of hydrogen-bond donors (Lipinski definition) is 3. The minimum absolute atomic E-state index is 0.0830. The summed E-state index contributed by atoms with van der Waals surface area (Å²) in [5, 5.41) is 13.8. The fourth-order valence-corrected chi connectivity index (χ4v) is 1.70. The lowest BCUT2D eigenvalue weighted by Crippen LogP contribution is -2.37. The first kappa shape index (κ1) is 13.8. The molecule has 1 saturated heterocycles. The van der Waals surface area contributed by atoms with Gasteiger partial charge in [-0.05, 0) is 25.2 Å². The van der Waals surface area contributed by atoms with E-state index >= 15 is 0 Å². The number of rotatable bonds is 7. The van der Waals surface area contributed by atoms with Crippen LogP contribution < -0.4 is 10.6 Å². The molecule has 1 aliphatic heterocycles. The summed E-state index contributed by atoms with van der Waals surface area (Å²) in [5.41, 5.74) is 0. The molecule has 0 aromatic rings. The SMILES string of the molecule is O=C(O)CCCNC(=O)NCCC1CCOC1. The molecule has 0 saturated carbocycles. The Morgan fingerprint density at radius 2 is 2.06 bits per heavy atom. The van der Waals surface area contributed by atoms with Crippen molar-refractivity contribution in [2.45, 2.75) is 25.7 Å². The van der Waals surface area contributed by atoms with Gasteiger partial charge in [-0.15, -0.1) is 0 Å². The predicted molar refractivity (Wildman–Crippen MR) is 61.8 cm³/mol. The van der Waals surface area contributed by atoms with Crippen LogP contribution in [0.15, 0.2) is 0 Å². The number of aliphatic carboxylic acids is 1. The Hall–Kier alpha value is -1.30. The van der Waals surface area contributed by atoms with Gasteiger partial charge >= 0.3 is 12.0 Å². The summed E-state index contributed by atoms with van der Waals surface area (Å²) in [7, 11) is 0. The van der Waals surface area contributed by atoms with Crippen molar-refractivity contribution in [2.24, 2.45) is 5.92 Å². The van der Waals surface area contributed by atoms with Gasteiger partial charge in [-0.2, -0.15) is 0 Å². The molecule has 0 bridgehead atoms. The molecule has 0 aromatic heterocycles. The molecule has 1 unspecified atom stereocenters. The first-order chi connectivity index (χ1) is 8.18. The van der Waals surface area contributed by atoms with E-state index < -0.39 is 5.97 Å². The van der Waals surface area contributed by atoms with Crippen molar-refractivity contribution in [3.63, 3.8) is 0 Å². The highest BCUT2D eigenvalue weighted by Gasteiger charge is 2.15. The van der Waals surface area contributed by atoms with Crippen molar-refractivity contribution < 1.29 is 19.4 Å². The third-order valence-electron chi connectivity index (χ3n) is 2.72. The van der Waals surface area contributed by atoms with E-state index in [4.69, 9.17) is 9.84 Å². The number of carboxylic acids is 1. The topological polar surface area (TPSA) is 87.7 Å². The normalized spacial score (nSPS) is 18.9. The number of amides is 2. The summed E-state index contributed by atoms with van der Waals surface area (Å²) in [4.78, 5) is 21.5. The van der Waals surface area contributed by atoms with Crippen LogP contribution in [0.1, 0.15) is 25.7 Å². The van der Waals surface area contributed by atoms with Gasteiger partial charge in [0.15, 0.2) is 0 Å². The Balaban J connectivity index is 1.91. The Labute approximate surface area is 101 Å². The summed E-state index contributed by atoms with van der Waals surface area (Å²) in [6.45, 7) is 2.65. The van der Waals surface area contributed by atoms with Gasteiger partial charge in [0.05, 0.1) is 0 Å². The largest absolute Gasteiger partial charge is 0.481 e. The van der Waals surface area contributed by atoms with Crippen molar-refractivity contribution >= 4 is 12.0 Å². The average Bonchev–Trinajstić information content (AvgIpc) is 2.77. The molecule has 6 nitrogen and oxygen atoms in total. The second-order valence-electron chi connectivity index (χ2n) is 4.20. The fraction of sp³-hybridized carbons (Fsp3) is 0.818. The minimum Gasteiger partial charge on any atom is -0.481 e. The average molecular weight is 244 g/mol. The number of nitrogens with one attached hydrogen (secondary N) is 2. The van der Waals surface area contributed by atoms with E-state index in [9.17, 15) is 9.59 Å². The maximum absolute atomic E-state index is 11.3. The van der Waals surface area contributed by atoms with Crippen LogP contribution in [-0.4, -0.2) is 43.4 Å². The molecule has 1 heterocycles. The monoisotopic (exact) mass is 244 g/mol. The van der Waals surface area contributed by atoms with Gasteiger partial charge in [0, 0.05) is 32.7 Å². The zero-order valence-corrected chi connectivity index (χ0v) is 9.91. The smallest absolute Gasteiger partial charge is 0.314 e. The number of carbonyl (C=O) groups is 2. The highest BCUT2D eigenvalue weighted by Crippen LogP contribution is 2.14. The third-order valence-corrected chi connectivity index (χ3v) is 2.72. The second-order valence-corrected chi connectivity index (χ2v) is 4.20. The molecule has 6 heteroatoms. The highest BCUT2D eigenvalue weighted by atomic mass is 16.5. The summed E-state index contributed by atoms with van der Waals surface area (Å²) in [5.74, 6) is -0.282. The van der Waals surface area contributed by atoms with Gasteiger partial charge in [0.1, 0.15) is 0 Å². The van der Waals surface area contributed by atoms with Crippen LogP contribution in [0.25, 0.3) is 0 Å². The Kier molecular flexibility index (Phi) is 6.39. The molecule has 0 aromatic carbocycles. The lowest BCUT2D eigenvalue weighted by molar-refractivity contribution is -0.137. The van der Waals surface area contributed by atoms with Crippen molar-refractivity contribution in [2.75, 3.05) is 26.3 Å². The molecular formula is C11H20N2O4. The zero-order chi connectivity index (χ0) is 12.5. The number of carboxylic acid groups (broad SMARTS) is 1. The summed E-state index contributed by atoms with van der Waals surface area (Å²) < 4.78 is 5.23. The summed E-state index contributed by atoms with van der Waals surface area (Å²) in [6, 6.07) is -0.227. The Morgan fingerprint density at radius 3 is 2.71 bits per heavy atom. The van der Waals surface area contributed by atoms with E-state index in [-0.39, 0.29) is 12.5 Å². The van der Waals surface area contributed by atoms with E-state index in [1.54, 1.807) is 0 Å². The van der Waals surface area contributed by atoms with E-state index in [1.165, 1.54) is 0 Å². The van der Waals surface area contributed by atoms with Gasteiger partial charge in [-0.1, -0.05) is 0 Å². The molecule has 0 aliphatic carbocycles. The maximum Gasteiger partial charge on any atom is 0.314 e. The van der Waals surface area contributed by atoms with E-state index in [0.717, 1.165) is 26.1 Å². The number of ether oxygens (including phenoxy) is 1. The number of urea groups is 1. The highest BCUT2D eigenvalue weighted by molar-refractivity contribution is 5.73. The van der Waals surface area contributed by atoms with Crippen LogP contribution >= 0.6 is 0 Å². The van der Waals surface area contributed by atoms with Crippen molar-refractivity contribution in [3.8, 4) is 0 Å². The van der Waals surface area contributed by atoms with Crippen molar-refractivity contribution in [1.82, 2.24) is 10.6 Å². The predicted octanol–water partition coefficient (Wildman–Crippen LogP) is 0.577. The van der Waals surface area contributed by atoms with Crippen LogP contribution in [0.3, 0.4) is 0 Å². The van der Waals surface area contributed by atoms with E-state index in [0.29, 0.717) is 25.4 Å². The first-order valence-electron chi connectivity index (χ1n) is 5.99. The van der Waals surface area contributed by atoms with Crippen LogP contribution in [-0.2, 0) is 9.53 Å². The lowest BCUT2D eigenvalue weighted by Gasteiger charge is -2.09. The van der Waals surface area contributed by atoms with Crippen LogP contribution in [0.4, 0.5) is 4.79 Å². The van der Waals surface area contributed by atoms with Crippen LogP contribution in [0.5, 0.6) is 0 Å². The lowest BCUT2D eigenvalue weighted by atomic mass is 10.1. The fourth-order valence-electron chi connectivity index (χ4n) is 1.70. The molecule has 1 rings (SSSR count). The standard InChI is InChI=1S/C11H20N2O4/c14-10(15)2-1-5-12-11(16)13-6-3-9-4-7-17-8-9/h9H,1-8H2,(H,14,15)(H2,12,13,16). The van der Waals surface area contributed by atoms with E-state index in [2.05, 4.69) is 10.6 Å². The summed E-state index contributed by atoms with van der Waals surface area (Å²) >= 11 is 0. The van der Waals surface area contributed by atoms with Gasteiger partial charge in [0.2, 0.25) is 0 Å². The second kappa shape index (κ2) is 7.89. The van der Waals surface area contributed by atoms with Gasteiger partial charge < -0.3 is 20.5 Å². The minimum atomic E-state index is -0.839. The molecule has 3 N–H and O–H groups in total. The molecule has 2 amide bonds. The maximum atomic E-state index is 11.3. The molecule has 0 spiro atoms. The van der Waals surface area contributed by atoms with Crippen molar-refractivity contribution in [3.05, 3.63) is 0 Å². The number of carbonyl (C=O) groups excluding carboxylic acids is 1. The van der Waals surface area contributed by atoms with Crippen molar-refractivity contribution in [1.29, 1.82) is 0 Å². The number of hydrogen-bond acceptors (Lipinski definition) is 3. The zero-order valence-electron chi connectivity index (χ0n) is 9.91. The molecule has 1 atom stereocenters. The quantitative estimate of drug-likeness (QED) is 0.571. The molecule has 1 fully saturated rings. The third kappa shape index (κ3) is 6.78. The molecule has 1 aliphatic rings.